The highest BCUT2D eigenvalue weighted by molar-refractivity contribution is 5.94. The summed E-state index contributed by atoms with van der Waals surface area (Å²) in [5.74, 6) is 0.502. The Morgan fingerprint density at radius 3 is 2.76 bits per heavy atom. The molecule has 3 rings (SSSR count). The number of imidazole rings is 1. The maximum atomic E-state index is 11.9. The van der Waals surface area contributed by atoms with Crippen molar-refractivity contribution in [2.45, 2.75) is 6.54 Å². The first-order chi connectivity index (χ1) is 10.3. The van der Waals surface area contributed by atoms with E-state index in [1.807, 2.05) is 18.2 Å². The van der Waals surface area contributed by atoms with Gasteiger partial charge in [-0.1, -0.05) is 18.2 Å². The number of fused-ring (bicyclic) bond motifs is 1. The van der Waals surface area contributed by atoms with Crippen molar-refractivity contribution in [1.82, 2.24) is 15.3 Å². The molecule has 0 aliphatic heterocycles. The van der Waals surface area contributed by atoms with Gasteiger partial charge in [-0.05, 0) is 30.3 Å². The number of nitrogens with one attached hydrogen (secondary N) is 2. The zero-order chi connectivity index (χ0) is 14.7. The Morgan fingerprint density at radius 2 is 2.00 bits per heavy atom. The van der Waals surface area contributed by atoms with Crippen molar-refractivity contribution in [2.24, 2.45) is 0 Å². The Balaban J connectivity index is 1.73. The predicted octanol–water partition coefficient (Wildman–Crippen LogP) is 2.31. The molecular formula is C16H13N3O2. The summed E-state index contributed by atoms with van der Waals surface area (Å²) in [6.45, 7) is 0.304. The van der Waals surface area contributed by atoms with Crippen LogP contribution in [0.2, 0.25) is 0 Å². The fourth-order valence-corrected chi connectivity index (χ4v) is 2.09. The van der Waals surface area contributed by atoms with Crippen LogP contribution in [0, 0.1) is 0 Å². The molecule has 5 nitrogen and oxygen atoms in total. The summed E-state index contributed by atoms with van der Waals surface area (Å²) in [6.07, 6.45) is 0.783. The highest BCUT2D eigenvalue weighted by Crippen LogP contribution is 2.12. The quantitative estimate of drug-likeness (QED) is 0.720. The van der Waals surface area contributed by atoms with Crippen LogP contribution in [0.4, 0.5) is 0 Å². The van der Waals surface area contributed by atoms with E-state index in [-0.39, 0.29) is 5.91 Å². The molecule has 0 radical (unpaired) electrons. The molecule has 0 unspecified atom stereocenters. The van der Waals surface area contributed by atoms with Gasteiger partial charge in [-0.3, -0.25) is 9.59 Å². The lowest BCUT2D eigenvalue weighted by Gasteiger charge is -2.02. The van der Waals surface area contributed by atoms with Gasteiger partial charge in [-0.15, -0.1) is 0 Å². The number of benzene rings is 2. The Kier molecular flexibility index (Phi) is 3.47. The molecule has 2 N–H and O–H groups in total. The van der Waals surface area contributed by atoms with Crippen LogP contribution >= 0.6 is 0 Å². The third-order valence-electron chi connectivity index (χ3n) is 3.14. The zero-order valence-corrected chi connectivity index (χ0v) is 11.2. The lowest BCUT2D eigenvalue weighted by atomic mass is 10.2. The molecular weight excluding hydrogens is 266 g/mol. The predicted molar refractivity (Wildman–Crippen MR) is 79.1 cm³/mol. The molecule has 2 aromatic carbocycles. The van der Waals surface area contributed by atoms with Gasteiger partial charge in [0, 0.05) is 11.1 Å². The van der Waals surface area contributed by atoms with Crippen molar-refractivity contribution in [3.63, 3.8) is 0 Å². The summed E-state index contributed by atoms with van der Waals surface area (Å²) in [5.41, 5.74) is 2.74. The van der Waals surface area contributed by atoms with Crippen molar-refractivity contribution in [1.29, 1.82) is 0 Å². The number of carbonyl (C=O) groups excluding carboxylic acids is 2. The van der Waals surface area contributed by atoms with E-state index < -0.39 is 0 Å². The summed E-state index contributed by atoms with van der Waals surface area (Å²) < 4.78 is 0. The molecule has 0 atom stereocenters. The normalized spacial score (nSPS) is 10.5. The van der Waals surface area contributed by atoms with Gasteiger partial charge in [-0.2, -0.15) is 0 Å². The van der Waals surface area contributed by atoms with Crippen LogP contribution in [-0.4, -0.2) is 22.2 Å². The van der Waals surface area contributed by atoms with Gasteiger partial charge in [0.1, 0.15) is 12.1 Å². The molecule has 0 saturated heterocycles. The molecule has 0 saturated carbocycles. The molecule has 1 heterocycles. The van der Waals surface area contributed by atoms with E-state index in [4.69, 9.17) is 0 Å². The van der Waals surface area contributed by atoms with Crippen LogP contribution < -0.4 is 5.32 Å². The largest absolute Gasteiger partial charge is 0.345 e. The molecule has 1 aromatic heterocycles. The second-order valence-corrected chi connectivity index (χ2v) is 4.63. The first kappa shape index (κ1) is 13.1. The average molecular weight is 279 g/mol. The van der Waals surface area contributed by atoms with Gasteiger partial charge in [0.05, 0.1) is 17.6 Å². The summed E-state index contributed by atoms with van der Waals surface area (Å²) in [7, 11) is 0. The van der Waals surface area contributed by atoms with Crippen LogP contribution in [0.25, 0.3) is 11.0 Å². The van der Waals surface area contributed by atoms with Gasteiger partial charge in [-0.25, -0.2) is 4.98 Å². The highest BCUT2D eigenvalue weighted by Gasteiger charge is 2.07. The molecule has 21 heavy (non-hydrogen) atoms. The maximum Gasteiger partial charge on any atom is 0.251 e. The van der Waals surface area contributed by atoms with Gasteiger partial charge >= 0.3 is 0 Å². The van der Waals surface area contributed by atoms with Crippen LogP contribution in [0.1, 0.15) is 26.5 Å². The van der Waals surface area contributed by atoms with Crippen LogP contribution in [0.15, 0.2) is 48.5 Å². The summed E-state index contributed by atoms with van der Waals surface area (Å²) in [4.78, 5) is 30.1. The standard InChI is InChI=1S/C16H13N3O2/c20-10-11-6-7-13-14(8-11)19-15(18-13)9-17-16(21)12-4-2-1-3-5-12/h1-8,10H,9H2,(H,17,21)(H,18,19). The highest BCUT2D eigenvalue weighted by atomic mass is 16.1. The molecule has 0 bridgehead atoms. The lowest BCUT2D eigenvalue weighted by Crippen LogP contribution is -2.23. The first-order valence-corrected chi connectivity index (χ1v) is 6.53. The van der Waals surface area contributed by atoms with Crippen molar-refractivity contribution in [3.8, 4) is 0 Å². The maximum absolute atomic E-state index is 11.9. The average Bonchev–Trinajstić information content (AvgIpc) is 2.95. The summed E-state index contributed by atoms with van der Waals surface area (Å²) in [5, 5.41) is 2.80. The number of nitrogens with zero attached hydrogens (tertiary/aromatic N) is 1. The number of aromatic amines is 1. The molecule has 5 heteroatoms. The van der Waals surface area contributed by atoms with E-state index in [1.54, 1.807) is 30.3 Å². The number of hydrogen-bond acceptors (Lipinski definition) is 3. The molecule has 0 aliphatic rings. The number of aromatic nitrogens is 2. The summed E-state index contributed by atoms with van der Waals surface area (Å²) in [6, 6.07) is 14.2. The fourth-order valence-electron chi connectivity index (χ4n) is 2.09. The van der Waals surface area contributed by atoms with Crippen molar-refractivity contribution in [3.05, 3.63) is 65.5 Å². The third-order valence-corrected chi connectivity index (χ3v) is 3.14. The van der Waals surface area contributed by atoms with E-state index in [2.05, 4.69) is 15.3 Å². The smallest absolute Gasteiger partial charge is 0.251 e. The molecule has 1 amide bonds. The minimum Gasteiger partial charge on any atom is -0.345 e. The van der Waals surface area contributed by atoms with E-state index in [0.29, 0.717) is 29.0 Å². The van der Waals surface area contributed by atoms with Crippen molar-refractivity contribution in [2.75, 3.05) is 0 Å². The minimum atomic E-state index is -0.148. The Hall–Kier alpha value is -2.95. The number of aldehydes is 1. The topological polar surface area (TPSA) is 74.8 Å². The number of rotatable bonds is 4. The Bertz CT molecular complexity index is 794. The van der Waals surface area contributed by atoms with Gasteiger partial charge in [0.2, 0.25) is 0 Å². The minimum absolute atomic E-state index is 0.148. The second-order valence-electron chi connectivity index (χ2n) is 4.63. The third kappa shape index (κ3) is 2.81. The number of H-pyrrole nitrogens is 1. The lowest BCUT2D eigenvalue weighted by molar-refractivity contribution is 0.0949. The summed E-state index contributed by atoms with van der Waals surface area (Å²) >= 11 is 0. The van der Waals surface area contributed by atoms with E-state index in [1.165, 1.54) is 0 Å². The molecule has 0 aliphatic carbocycles. The van der Waals surface area contributed by atoms with Crippen molar-refractivity contribution < 1.29 is 9.59 Å². The Labute approximate surface area is 121 Å². The molecule has 104 valence electrons. The van der Waals surface area contributed by atoms with Gasteiger partial charge in [0.15, 0.2) is 0 Å². The van der Waals surface area contributed by atoms with Crippen molar-refractivity contribution >= 4 is 23.2 Å². The fraction of sp³-hybridized carbons (Fsp3) is 0.0625. The van der Waals surface area contributed by atoms with E-state index in [0.717, 1.165) is 11.8 Å². The second kappa shape index (κ2) is 5.58. The number of hydrogen-bond donors (Lipinski definition) is 2. The molecule has 0 fully saturated rings. The number of carbonyl (C=O) groups is 2. The number of amides is 1. The van der Waals surface area contributed by atoms with Crippen LogP contribution in [-0.2, 0) is 6.54 Å². The van der Waals surface area contributed by atoms with Gasteiger partial charge < -0.3 is 10.3 Å². The van der Waals surface area contributed by atoms with Crippen LogP contribution in [0.3, 0.4) is 0 Å². The van der Waals surface area contributed by atoms with E-state index in [9.17, 15) is 9.59 Å². The first-order valence-electron chi connectivity index (χ1n) is 6.53. The SMILES string of the molecule is O=Cc1ccc2[nH]c(CNC(=O)c3ccccc3)nc2c1. The van der Waals surface area contributed by atoms with Gasteiger partial charge in [0.25, 0.3) is 5.91 Å². The Morgan fingerprint density at radius 1 is 1.19 bits per heavy atom. The zero-order valence-electron chi connectivity index (χ0n) is 11.2. The van der Waals surface area contributed by atoms with Crippen LogP contribution in [0.5, 0.6) is 0 Å². The van der Waals surface area contributed by atoms with E-state index >= 15 is 0 Å². The molecule has 0 spiro atoms. The molecule has 3 aromatic rings. The monoisotopic (exact) mass is 279 g/mol.